The maximum absolute atomic E-state index is 13.0. The number of nitrogen functional groups attached to an aromatic ring is 1. The number of nitrogens with two attached hydrogens (primary N) is 1. The largest absolute Gasteiger partial charge is 0.460 e. The molecular weight excluding hydrogens is 259 g/mol. The van der Waals surface area contributed by atoms with Gasteiger partial charge in [0.05, 0.1) is 0 Å². The van der Waals surface area contributed by atoms with Crippen LogP contribution in [0.5, 0.6) is 0 Å². The maximum atomic E-state index is 13.0. The summed E-state index contributed by atoms with van der Waals surface area (Å²) >= 11 is 0. The van der Waals surface area contributed by atoms with Crippen molar-refractivity contribution in [3.63, 3.8) is 0 Å². The van der Waals surface area contributed by atoms with Crippen LogP contribution in [0.3, 0.4) is 0 Å². The molecule has 1 aromatic rings. The van der Waals surface area contributed by atoms with Crippen molar-refractivity contribution in [1.82, 2.24) is 9.78 Å². The second-order valence-electron chi connectivity index (χ2n) is 3.22. The molecule has 0 unspecified atom stereocenters. The van der Waals surface area contributed by atoms with Crippen molar-refractivity contribution in [3.05, 3.63) is 11.8 Å². The van der Waals surface area contributed by atoms with Gasteiger partial charge in [-0.25, -0.2) is 0 Å². The van der Waals surface area contributed by atoms with E-state index in [1.165, 1.54) is 0 Å². The van der Waals surface area contributed by atoms with Gasteiger partial charge in [-0.3, -0.25) is 4.68 Å². The third-order valence-electron chi connectivity index (χ3n) is 1.99. The first kappa shape index (κ1) is 13.6. The molecule has 3 nitrogen and oxygen atoms in total. The molecular formula is C7H6F7N3. The molecule has 0 aliphatic carbocycles. The van der Waals surface area contributed by atoms with E-state index in [-0.39, 0.29) is 6.07 Å². The average molecular weight is 265 g/mol. The molecule has 1 aromatic heterocycles. The molecule has 0 saturated carbocycles. The van der Waals surface area contributed by atoms with Crippen molar-refractivity contribution < 1.29 is 30.7 Å². The minimum Gasteiger partial charge on any atom is -0.384 e. The van der Waals surface area contributed by atoms with Gasteiger partial charge in [0.15, 0.2) is 0 Å². The highest BCUT2D eigenvalue weighted by molar-refractivity contribution is 5.33. The SMILES string of the molecule is Cn1nc(C(F)(F)C(F)(F)C(F)(F)F)cc1N. The zero-order valence-electron chi connectivity index (χ0n) is 8.19. The van der Waals surface area contributed by atoms with E-state index in [1.54, 1.807) is 0 Å². The van der Waals surface area contributed by atoms with Gasteiger partial charge >= 0.3 is 18.0 Å². The Morgan fingerprint density at radius 3 is 1.88 bits per heavy atom. The van der Waals surface area contributed by atoms with Crippen LogP contribution in [0, 0.1) is 0 Å². The first-order chi connectivity index (χ1) is 7.41. The standard InChI is InChI=1S/C7H6F7N3/c1-17-4(15)2-3(16-17)5(8,9)6(10,11)7(12,13)14/h2H,15H2,1H3. The number of aromatic nitrogens is 2. The van der Waals surface area contributed by atoms with E-state index in [1.807, 2.05) is 0 Å². The first-order valence-corrected chi connectivity index (χ1v) is 4.03. The lowest BCUT2D eigenvalue weighted by Gasteiger charge is -2.26. The normalized spacial score (nSPS) is 14.1. The van der Waals surface area contributed by atoms with E-state index < -0.39 is 29.5 Å². The van der Waals surface area contributed by atoms with Gasteiger partial charge in [0.25, 0.3) is 0 Å². The molecule has 0 aliphatic rings. The first-order valence-electron chi connectivity index (χ1n) is 4.03. The number of alkyl halides is 7. The Kier molecular flexibility index (Phi) is 2.80. The summed E-state index contributed by atoms with van der Waals surface area (Å²) in [5.41, 5.74) is 3.29. The highest BCUT2D eigenvalue weighted by Gasteiger charge is 2.74. The summed E-state index contributed by atoms with van der Waals surface area (Å²) in [6.07, 6.45) is -6.39. The van der Waals surface area contributed by atoms with E-state index >= 15 is 0 Å². The number of nitrogens with zero attached hydrogens (tertiary/aromatic N) is 2. The maximum Gasteiger partial charge on any atom is 0.460 e. The van der Waals surface area contributed by atoms with Crippen LogP contribution < -0.4 is 5.73 Å². The van der Waals surface area contributed by atoms with Crippen LogP contribution in [0.25, 0.3) is 0 Å². The number of aryl methyl sites for hydroxylation is 1. The summed E-state index contributed by atoms with van der Waals surface area (Å²) in [4.78, 5) is 0. The fourth-order valence-corrected chi connectivity index (χ4v) is 0.974. The van der Waals surface area contributed by atoms with Crippen molar-refractivity contribution in [2.75, 3.05) is 5.73 Å². The van der Waals surface area contributed by atoms with E-state index in [9.17, 15) is 30.7 Å². The topological polar surface area (TPSA) is 43.8 Å². The smallest absolute Gasteiger partial charge is 0.384 e. The summed E-state index contributed by atoms with van der Waals surface area (Å²) < 4.78 is 87.2. The third-order valence-corrected chi connectivity index (χ3v) is 1.99. The Morgan fingerprint density at radius 1 is 1.12 bits per heavy atom. The molecule has 0 saturated heterocycles. The monoisotopic (exact) mass is 265 g/mol. The molecule has 17 heavy (non-hydrogen) atoms. The number of hydrogen-bond acceptors (Lipinski definition) is 2. The van der Waals surface area contributed by atoms with Gasteiger partial charge < -0.3 is 5.73 Å². The predicted octanol–water partition coefficient (Wildman–Crippen LogP) is 2.29. The van der Waals surface area contributed by atoms with E-state index in [2.05, 4.69) is 5.10 Å². The minimum atomic E-state index is -6.39. The van der Waals surface area contributed by atoms with Gasteiger partial charge in [-0.15, -0.1) is 0 Å². The summed E-state index contributed by atoms with van der Waals surface area (Å²) in [5.74, 6) is -12.2. The minimum absolute atomic E-state index is 0.264. The lowest BCUT2D eigenvalue weighted by Crippen LogP contribution is -2.50. The number of hydrogen-bond donors (Lipinski definition) is 1. The molecule has 1 rings (SSSR count). The highest BCUT2D eigenvalue weighted by Crippen LogP contribution is 2.51. The van der Waals surface area contributed by atoms with Crippen molar-refractivity contribution in [3.8, 4) is 0 Å². The lowest BCUT2D eigenvalue weighted by atomic mass is 10.1. The number of rotatable bonds is 2. The fraction of sp³-hybridized carbons (Fsp3) is 0.571. The van der Waals surface area contributed by atoms with Gasteiger partial charge in [-0.1, -0.05) is 0 Å². The van der Waals surface area contributed by atoms with E-state index in [0.717, 1.165) is 7.05 Å². The van der Waals surface area contributed by atoms with Gasteiger partial charge in [0.1, 0.15) is 11.5 Å². The quantitative estimate of drug-likeness (QED) is 0.834. The Morgan fingerprint density at radius 2 is 1.59 bits per heavy atom. The molecule has 2 N–H and O–H groups in total. The molecule has 0 aromatic carbocycles. The molecule has 0 amide bonds. The van der Waals surface area contributed by atoms with Gasteiger partial charge in [0.2, 0.25) is 0 Å². The molecule has 0 spiro atoms. The Balaban J connectivity index is 3.28. The van der Waals surface area contributed by atoms with Gasteiger partial charge in [0, 0.05) is 13.1 Å². The molecule has 10 heteroatoms. The average Bonchev–Trinajstić information content (AvgIpc) is 2.45. The van der Waals surface area contributed by atoms with Crippen LogP contribution in [-0.2, 0) is 13.0 Å². The van der Waals surface area contributed by atoms with Crippen molar-refractivity contribution >= 4 is 5.82 Å². The van der Waals surface area contributed by atoms with Crippen molar-refractivity contribution in [2.24, 2.45) is 7.05 Å². The summed E-state index contributed by atoms with van der Waals surface area (Å²) in [5, 5.41) is 2.82. The predicted molar refractivity (Wildman–Crippen MR) is 42.5 cm³/mol. The molecule has 0 bridgehead atoms. The van der Waals surface area contributed by atoms with Crippen LogP contribution >= 0.6 is 0 Å². The third kappa shape index (κ3) is 1.91. The van der Waals surface area contributed by atoms with E-state index in [4.69, 9.17) is 5.73 Å². The van der Waals surface area contributed by atoms with Crippen LogP contribution in [0.2, 0.25) is 0 Å². The number of halogens is 7. The second-order valence-corrected chi connectivity index (χ2v) is 3.22. The van der Waals surface area contributed by atoms with Crippen molar-refractivity contribution in [1.29, 1.82) is 0 Å². The van der Waals surface area contributed by atoms with Gasteiger partial charge in [-0.2, -0.15) is 35.8 Å². The van der Waals surface area contributed by atoms with Crippen LogP contribution in [0.15, 0.2) is 6.07 Å². The zero-order chi connectivity index (χ0) is 13.6. The van der Waals surface area contributed by atoms with Crippen LogP contribution in [0.4, 0.5) is 36.6 Å². The molecule has 1 heterocycles. The van der Waals surface area contributed by atoms with Gasteiger partial charge in [-0.05, 0) is 0 Å². The van der Waals surface area contributed by atoms with Crippen LogP contribution in [-0.4, -0.2) is 21.9 Å². The zero-order valence-corrected chi connectivity index (χ0v) is 8.19. The summed E-state index contributed by atoms with van der Waals surface area (Å²) in [6.45, 7) is 0. The summed E-state index contributed by atoms with van der Waals surface area (Å²) in [6, 6.07) is 0.264. The molecule has 0 fully saturated rings. The molecule has 98 valence electrons. The Hall–Kier alpha value is -1.48. The van der Waals surface area contributed by atoms with Crippen LogP contribution in [0.1, 0.15) is 5.69 Å². The van der Waals surface area contributed by atoms with Crippen molar-refractivity contribution in [2.45, 2.75) is 18.0 Å². The summed E-state index contributed by atoms with van der Waals surface area (Å²) in [7, 11) is 1.03. The fourth-order valence-electron chi connectivity index (χ4n) is 0.974. The Bertz CT molecular complexity index is 400. The molecule has 0 radical (unpaired) electrons. The lowest BCUT2D eigenvalue weighted by molar-refractivity contribution is -0.360. The Labute approximate surface area is 90.0 Å². The van der Waals surface area contributed by atoms with E-state index in [0.29, 0.717) is 4.68 Å². The molecule has 0 atom stereocenters. The highest BCUT2D eigenvalue weighted by atomic mass is 19.4. The second kappa shape index (κ2) is 3.50. The number of anilines is 1. The molecule has 0 aliphatic heterocycles.